The topological polar surface area (TPSA) is 55.6 Å². The van der Waals surface area contributed by atoms with E-state index in [1.54, 1.807) is 7.11 Å². The number of methoxy groups -OCH3 is 1. The highest BCUT2D eigenvalue weighted by Gasteiger charge is 2.20. The minimum Gasteiger partial charge on any atom is -0.497 e. The number of halogens is 1. The molecule has 0 saturated heterocycles. The lowest BCUT2D eigenvalue weighted by Crippen LogP contribution is -2.13. The number of thiophene rings is 1. The number of hydrogen-bond acceptors (Lipinski definition) is 6. The SMILES string of the molecule is COc1ccc(N(Cc2ccccc2)Sc2cc([N+](=O)[O-])c(Cl)s2)cc1. The van der Waals surface area contributed by atoms with Crippen LogP contribution >= 0.6 is 34.9 Å². The second kappa shape index (κ2) is 8.44. The van der Waals surface area contributed by atoms with Crippen LogP contribution in [0.4, 0.5) is 11.4 Å². The molecule has 8 heteroatoms. The Kier molecular flexibility index (Phi) is 6.03. The van der Waals surface area contributed by atoms with Crippen molar-refractivity contribution in [1.82, 2.24) is 0 Å². The van der Waals surface area contributed by atoms with Crippen LogP contribution in [0.2, 0.25) is 4.34 Å². The molecule has 0 atom stereocenters. The summed E-state index contributed by atoms with van der Waals surface area (Å²) in [6.45, 7) is 0.640. The molecule has 0 bridgehead atoms. The summed E-state index contributed by atoms with van der Waals surface area (Å²) in [5.74, 6) is 0.771. The average Bonchev–Trinajstić information content (AvgIpc) is 3.03. The maximum Gasteiger partial charge on any atom is 0.299 e. The average molecular weight is 407 g/mol. The van der Waals surface area contributed by atoms with E-state index >= 15 is 0 Å². The number of hydrogen-bond donors (Lipinski definition) is 0. The van der Waals surface area contributed by atoms with Crippen molar-refractivity contribution in [3.63, 3.8) is 0 Å². The Hall–Kier alpha value is -2.22. The van der Waals surface area contributed by atoms with E-state index in [9.17, 15) is 10.1 Å². The molecule has 0 fully saturated rings. The van der Waals surface area contributed by atoms with Crippen molar-refractivity contribution in [1.29, 1.82) is 0 Å². The zero-order valence-electron chi connectivity index (χ0n) is 13.8. The minimum atomic E-state index is -0.461. The Bertz CT molecular complexity index is 885. The Morgan fingerprint density at radius 2 is 1.88 bits per heavy atom. The van der Waals surface area contributed by atoms with Crippen LogP contribution in [-0.2, 0) is 6.54 Å². The number of benzene rings is 2. The maximum absolute atomic E-state index is 11.0. The van der Waals surface area contributed by atoms with Gasteiger partial charge in [-0.05, 0) is 41.8 Å². The van der Waals surface area contributed by atoms with Gasteiger partial charge in [0.05, 0.1) is 22.8 Å². The van der Waals surface area contributed by atoms with E-state index in [0.29, 0.717) is 6.54 Å². The van der Waals surface area contributed by atoms with Crippen LogP contribution < -0.4 is 9.04 Å². The third-order valence-electron chi connectivity index (χ3n) is 3.57. The summed E-state index contributed by atoms with van der Waals surface area (Å²) in [7, 11) is 1.62. The predicted molar refractivity (Wildman–Crippen MR) is 107 cm³/mol. The van der Waals surface area contributed by atoms with E-state index in [1.165, 1.54) is 29.4 Å². The van der Waals surface area contributed by atoms with Gasteiger partial charge in [0.15, 0.2) is 4.34 Å². The summed E-state index contributed by atoms with van der Waals surface area (Å²) < 4.78 is 8.23. The molecule has 5 nitrogen and oxygen atoms in total. The lowest BCUT2D eigenvalue weighted by Gasteiger charge is -2.23. The Morgan fingerprint density at radius 1 is 1.19 bits per heavy atom. The van der Waals surface area contributed by atoms with Crippen LogP contribution in [-0.4, -0.2) is 12.0 Å². The van der Waals surface area contributed by atoms with Crippen molar-refractivity contribution in [3.05, 3.63) is 80.7 Å². The zero-order valence-corrected chi connectivity index (χ0v) is 16.2. The molecule has 0 saturated carbocycles. The highest BCUT2D eigenvalue weighted by molar-refractivity contribution is 8.02. The Balaban J connectivity index is 1.89. The van der Waals surface area contributed by atoms with Gasteiger partial charge in [0, 0.05) is 11.8 Å². The maximum atomic E-state index is 11.0. The summed E-state index contributed by atoms with van der Waals surface area (Å²) in [5.41, 5.74) is 2.04. The lowest BCUT2D eigenvalue weighted by molar-refractivity contribution is -0.384. The van der Waals surface area contributed by atoms with E-state index in [0.717, 1.165) is 21.2 Å². The third kappa shape index (κ3) is 4.49. The largest absolute Gasteiger partial charge is 0.497 e. The molecule has 3 aromatic rings. The molecule has 0 unspecified atom stereocenters. The van der Waals surface area contributed by atoms with Crippen LogP contribution in [0.25, 0.3) is 0 Å². The van der Waals surface area contributed by atoms with E-state index in [1.807, 2.05) is 54.6 Å². The highest BCUT2D eigenvalue weighted by atomic mass is 35.5. The van der Waals surface area contributed by atoms with Crippen molar-refractivity contribution in [2.24, 2.45) is 0 Å². The molecule has 0 aliphatic rings. The first-order chi connectivity index (χ1) is 12.6. The predicted octanol–water partition coefficient (Wildman–Crippen LogP) is 6.03. The summed E-state index contributed by atoms with van der Waals surface area (Å²) in [4.78, 5) is 10.6. The van der Waals surface area contributed by atoms with E-state index in [-0.39, 0.29) is 10.0 Å². The fraction of sp³-hybridized carbons (Fsp3) is 0.111. The Labute approximate surface area is 164 Å². The summed E-state index contributed by atoms with van der Waals surface area (Å²) in [6.07, 6.45) is 0. The molecule has 134 valence electrons. The fourth-order valence-electron chi connectivity index (χ4n) is 2.29. The third-order valence-corrected chi connectivity index (χ3v) is 6.04. The van der Waals surface area contributed by atoms with Gasteiger partial charge in [-0.3, -0.25) is 10.1 Å². The van der Waals surface area contributed by atoms with Crippen molar-refractivity contribution in [2.45, 2.75) is 10.8 Å². The molecule has 2 aromatic carbocycles. The van der Waals surface area contributed by atoms with Crippen LogP contribution in [0.5, 0.6) is 5.75 Å². The number of nitrogens with zero attached hydrogens (tertiary/aromatic N) is 2. The summed E-state index contributed by atoms with van der Waals surface area (Å²) in [5, 5.41) is 11.0. The molecular formula is C18H15ClN2O3S2. The number of rotatable bonds is 7. The lowest BCUT2D eigenvalue weighted by atomic mass is 10.2. The van der Waals surface area contributed by atoms with Gasteiger partial charge >= 0.3 is 0 Å². The summed E-state index contributed by atoms with van der Waals surface area (Å²) >= 11 is 8.63. The van der Waals surface area contributed by atoms with E-state index in [2.05, 4.69) is 4.31 Å². The molecule has 0 spiro atoms. The molecule has 0 aliphatic heterocycles. The standard InChI is InChI=1S/C18H15ClN2O3S2/c1-24-15-9-7-14(8-10-15)20(12-13-5-3-2-4-6-13)26-17-11-16(21(22)23)18(19)25-17/h2-11H,12H2,1H3. The van der Waals surface area contributed by atoms with Crippen molar-refractivity contribution >= 4 is 46.3 Å². The molecule has 0 aliphatic carbocycles. The smallest absolute Gasteiger partial charge is 0.299 e. The molecule has 26 heavy (non-hydrogen) atoms. The zero-order chi connectivity index (χ0) is 18.5. The second-order valence-electron chi connectivity index (χ2n) is 5.29. The normalized spacial score (nSPS) is 10.5. The van der Waals surface area contributed by atoms with Crippen LogP contribution in [0.3, 0.4) is 0 Å². The monoisotopic (exact) mass is 406 g/mol. The van der Waals surface area contributed by atoms with Gasteiger partial charge in [0.2, 0.25) is 0 Å². The van der Waals surface area contributed by atoms with Gasteiger partial charge < -0.3 is 9.04 Å². The molecular weight excluding hydrogens is 392 g/mol. The van der Waals surface area contributed by atoms with Crippen LogP contribution in [0.15, 0.2) is 64.9 Å². The van der Waals surface area contributed by atoms with Crippen LogP contribution in [0, 0.1) is 10.1 Å². The van der Waals surface area contributed by atoms with Gasteiger partial charge in [-0.15, -0.1) is 11.3 Å². The minimum absolute atomic E-state index is 0.0615. The van der Waals surface area contributed by atoms with Gasteiger partial charge in [-0.25, -0.2) is 0 Å². The van der Waals surface area contributed by atoms with Gasteiger partial charge in [-0.2, -0.15) is 0 Å². The van der Waals surface area contributed by atoms with Gasteiger partial charge in [-0.1, -0.05) is 41.9 Å². The van der Waals surface area contributed by atoms with Crippen LogP contribution in [0.1, 0.15) is 5.56 Å². The van der Waals surface area contributed by atoms with Crippen molar-refractivity contribution < 1.29 is 9.66 Å². The molecule has 0 radical (unpaired) electrons. The van der Waals surface area contributed by atoms with Crippen molar-refractivity contribution in [3.8, 4) is 5.75 Å². The number of anilines is 1. The van der Waals surface area contributed by atoms with Gasteiger partial charge in [0.25, 0.3) is 5.69 Å². The van der Waals surface area contributed by atoms with E-state index in [4.69, 9.17) is 16.3 Å². The Morgan fingerprint density at radius 3 is 2.46 bits per heavy atom. The first kappa shape index (κ1) is 18.6. The fourth-order valence-corrected chi connectivity index (χ4v) is 4.88. The summed E-state index contributed by atoms with van der Waals surface area (Å²) in [6, 6.07) is 19.2. The number of nitro groups is 1. The second-order valence-corrected chi connectivity index (χ2v) is 8.27. The first-order valence-electron chi connectivity index (χ1n) is 7.64. The van der Waals surface area contributed by atoms with E-state index < -0.39 is 4.92 Å². The highest BCUT2D eigenvalue weighted by Crippen LogP contribution is 2.42. The quantitative estimate of drug-likeness (QED) is 0.272. The van der Waals surface area contributed by atoms with Gasteiger partial charge in [0.1, 0.15) is 5.75 Å². The molecule has 1 aromatic heterocycles. The first-order valence-corrected chi connectivity index (χ1v) is 9.61. The molecule has 1 heterocycles. The van der Waals surface area contributed by atoms with Crippen molar-refractivity contribution in [2.75, 3.05) is 11.4 Å². The molecule has 0 N–H and O–H groups in total. The number of ether oxygens (including phenoxy) is 1. The molecule has 0 amide bonds. The molecule has 3 rings (SSSR count).